The van der Waals surface area contributed by atoms with Gasteiger partial charge in [-0.15, -0.1) is 0 Å². The van der Waals surface area contributed by atoms with Gasteiger partial charge < -0.3 is 10.0 Å². The van der Waals surface area contributed by atoms with E-state index in [-0.39, 0.29) is 5.82 Å². The van der Waals surface area contributed by atoms with Gasteiger partial charge in [0, 0.05) is 13.1 Å². The van der Waals surface area contributed by atoms with Crippen molar-refractivity contribution in [1.29, 1.82) is 0 Å². The first-order chi connectivity index (χ1) is 8.55. The molecule has 1 fully saturated rings. The van der Waals surface area contributed by atoms with Crippen LogP contribution in [0.1, 0.15) is 37.3 Å². The highest BCUT2D eigenvalue weighted by Gasteiger charge is 2.33. The Kier molecular flexibility index (Phi) is 4.03. The highest BCUT2D eigenvalue weighted by atomic mass is 19.1. The zero-order valence-electron chi connectivity index (χ0n) is 11.2. The summed E-state index contributed by atoms with van der Waals surface area (Å²) in [6.45, 7) is 6.85. The first-order valence-electron chi connectivity index (χ1n) is 6.76. The lowest BCUT2D eigenvalue weighted by Crippen LogP contribution is -2.42. The molecule has 0 spiro atoms. The van der Waals surface area contributed by atoms with Gasteiger partial charge in [-0.25, -0.2) is 4.39 Å². The monoisotopic (exact) mass is 251 g/mol. The molecule has 2 nitrogen and oxygen atoms in total. The Labute approximate surface area is 108 Å². The van der Waals surface area contributed by atoms with Crippen LogP contribution in [0.2, 0.25) is 0 Å². The van der Waals surface area contributed by atoms with Gasteiger partial charge in [0.1, 0.15) is 5.82 Å². The van der Waals surface area contributed by atoms with E-state index in [0.29, 0.717) is 5.56 Å². The molecule has 0 aromatic heterocycles. The van der Waals surface area contributed by atoms with E-state index in [1.54, 1.807) is 19.1 Å². The van der Waals surface area contributed by atoms with Crippen molar-refractivity contribution in [2.24, 2.45) is 0 Å². The van der Waals surface area contributed by atoms with Crippen molar-refractivity contribution < 1.29 is 9.50 Å². The fourth-order valence-electron chi connectivity index (χ4n) is 2.69. The molecule has 0 saturated carbocycles. The SMILES string of the molecule is CCCN1CCC(O)(c2ccc(F)c(C)c2)CC1. The van der Waals surface area contributed by atoms with Crippen LogP contribution in [0.4, 0.5) is 4.39 Å². The van der Waals surface area contributed by atoms with E-state index >= 15 is 0 Å². The van der Waals surface area contributed by atoms with E-state index in [1.807, 2.05) is 0 Å². The molecule has 1 aromatic carbocycles. The van der Waals surface area contributed by atoms with E-state index in [1.165, 1.54) is 6.07 Å². The normalized spacial score (nSPS) is 20.0. The van der Waals surface area contributed by atoms with Crippen molar-refractivity contribution in [2.75, 3.05) is 19.6 Å². The summed E-state index contributed by atoms with van der Waals surface area (Å²) in [5.74, 6) is -0.203. The zero-order valence-corrected chi connectivity index (χ0v) is 11.2. The molecule has 100 valence electrons. The molecular formula is C15H22FNO. The molecule has 0 unspecified atom stereocenters. The Morgan fingerprint density at radius 1 is 1.33 bits per heavy atom. The van der Waals surface area contributed by atoms with Crippen molar-refractivity contribution in [2.45, 2.75) is 38.7 Å². The van der Waals surface area contributed by atoms with Gasteiger partial charge in [-0.3, -0.25) is 0 Å². The maximum absolute atomic E-state index is 13.3. The Morgan fingerprint density at radius 2 is 2.00 bits per heavy atom. The average molecular weight is 251 g/mol. The number of aryl methyl sites for hydroxylation is 1. The smallest absolute Gasteiger partial charge is 0.126 e. The molecule has 1 N–H and O–H groups in total. The van der Waals surface area contributed by atoms with Crippen molar-refractivity contribution in [3.8, 4) is 0 Å². The third-order valence-corrected chi connectivity index (χ3v) is 3.92. The van der Waals surface area contributed by atoms with Crippen LogP contribution in [-0.4, -0.2) is 29.6 Å². The van der Waals surface area contributed by atoms with E-state index in [0.717, 1.165) is 44.5 Å². The predicted molar refractivity (Wildman–Crippen MR) is 71.0 cm³/mol. The van der Waals surface area contributed by atoms with Gasteiger partial charge in [0.25, 0.3) is 0 Å². The first-order valence-corrected chi connectivity index (χ1v) is 6.76. The molecule has 1 heterocycles. The maximum atomic E-state index is 13.3. The Balaban J connectivity index is 2.10. The summed E-state index contributed by atoms with van der Waals surface area (Å²) in [4.78, 5) is 2.38. The van der Waals surface area contributed by atoms with Gasteiger partial charge in [0.15, 0.2) is 0 Å². The Hall–Kier alpha value is -0.930. The van der Waals surface area contributed by atoms with Crippen molar-refractivity contribution in [3.63, 3.8) is 0 Å². The van der Waals surface area contributed by atoms with E-state index < -0.39 is 5.60 Å². The molecule has 1 aliphatic rings. The summed E-state index contributed by atoms with van der Waals surface area (Å²) in [5.41, 5.74) is 0.692. The van der Waals surface area contributed by atoms with Crippen LogP contribution in [0, 0.1) is 12.7 Å². The molecule has 0 atom stereocenters. The van der Waals surface area contributed by atoms with Crippen LogP contribution in [0.15, 0.2) is 18.2 Å². The minimum absolute atomic E-state index is 0.203. The molecule has 1 saturated heterocycles. The average Bonchev–Trinajstić information content (AvgIpc) is 2.36. The highest BCUT2D eigenvalue weighted by molar-refractivity contribution is 5.29. The summed E-state index contributed by atoms with van der Waals surface area (Å²) in [7, 11) is 0. The number of benzene rings is 1. The fourth-order valence-corrected chi connectivity index (χ4v) is 2.69. The lowest BCUT2D eigenvalue weighted by Gasteiger charge is -2.38. The standard InChI is InChI=1S/C15H22FNO/c1-3-8-17-9-6-15(18,7-10-17)13-4-5-14(16)12(2)11-13/h4-5,11,18H,3,6-10H2,1-2H3. The number of likely N-dealkylation sites (tertiary alicyclic amines) is 1. The number of piperidine rings is 1. The molecule has 0 radical (unpaired) electrons. The lowest BCUT2D eigenvalue weighted by atomic mass is 9.84. The Morgan fingerprint density at radius 3 is 2.56 bits per heavy atom. The third-order valence-electron chi connectivity index (χ3n) is 3.92. The van der Waals surface area contributed by atoms with Crippen LogP contribution < -0.4 is 0 Å². The third kappa shape index (κ3) is 2.73. The van der Waals surface area contributed by atoms with Gasteiger partial charge in [-0.1, -0.05) is 19.1 Å². The number of rotatable bonds is 3. The molecule has 1 aromatic rings. The van der Waals surface area contributed by atoms with Crippen LogP contribution in [-0.2, 0) is 5.60 Å². The van der Waals surface area contributed by atoms with Crippen molar-refractivity contribution in [1.82, 2.24) is 4.90 Å². The van der Waals surface area contributed by atoms with Gasteiger partial charge in [0.2, 0.25) is 0 Å². The number of aliphatic hydroxyl groups is 1. The summed E-state index contributed by atoms with van der Waals surface area (Å²) in [6.07, 6.45) is 2.62. The van der Waals surface area contributed by atoms with E-state index in [9.17, 15) is 9.50 Å². The molecule has 3 heteroatoms. The molecule has 2 rings (SSSR count). The van der Waals surface area contributed by atoms with Gasteiger partial charge >= 0.3 is 0 Å². The van der Waals surface area contributed by atoms with Gasteiger partial charge in [0.05, 0.1) is 5.60 Å². The number of hydrogen-bond donors (Lipinski definition) is 1. The second-order valence-electron chi connectivity index (χ2n) is 5.34. The fraction of sp³-hybridized carbons (Fsp3) is 0.600. The summed E-state index contributed by atoms with van der Waals surface area (Å²) >= 11 is 0. The van der Waals surface area contributed by atoms with Crippen LogP contribution >= 0.6 is 0 Å². The second-order valence-corrected chi connectivity index (χ2v) is 5.34. The second kappa shape index (κ2) is 5.37. The summed E-state index contributed by atoms with van der Waals surface area (Å²) < 4.78 is 13.3. The van der Waals surface area contributed by atoms with Gasteiger partial charge in [-0.05, 0) is 49.9 Å². The number of hydrogen-bond acceptors (Lipinski definition) is 2. The van der Waals surface area contributed by atoms with Crippen molar-refractivity contribution in [3.05, 3.63) is 35.1 Å². The zero-order chi connectivity index (χ0) is 13.2. The molecular weight excluding hydrogens is 229 g/mol. The largest absolute Gasteiger partial charge is 0.385 e. The Bertz CT molecular complexity index is 411. The predicted octanol–water partition coefficient (Wildman–Crippen LogP) is 2.83. The highest BCUT2D eigenvalue weighted by Crippen LogP contribution is 2.33. The molecule has 1 aliphatic heterocycles. The first kappa shape index (κ1) is 13.5. The van der Waals surface area contributed by atoms with Crippen LogP contribution in [0.25, 0.3) is 0 Å². The lowest BCUT2D eigenvalue weighted by molar-refractivity contribution is -0.0258. The van der Waals surface area contributed by atoms with Gasteiger partial charge in [-0.2, -0.15) is 0 Å². The number of halogens is 1. The minimum atomic E-state index is -0.775. The quantitative estimate of drug-likeness (QED) is 0.893. The van der Waals surface area contributed by atoms with Crippen LogP contribution in [0.5, 0.6) is 0 Å². The van der Waals surface area contributed by atoms with E-state index in [2.05, 4.69) is 11.8 Å². The minimum Gasteiger partial charge on any atom is -0.385 e. The topological polar surface area (TPSA) is 23.5 Å². The van der Waals surface area contributed by atoms with Crippen LogP contribution in [0.3, 0.4) is 0 Å². The number of nitrogens with zero attached hydrogens (tertiary/aromatic N) is 1. The maximum Gasteiger partial charge on any atom is 0.126 e. The van der Waals surface area contributed by atoms with Crippen molar-refractivity contribution >= 4 is 0 Å². The molecule has 0 amide bonds. The van der Waals surface area contributed by atoms with E-state index in [4.69, 9.17) is 0 Å². The molecule has 18 heavy (non-hydrogen) atoms. The molecule has 0 bridgehead atoms. The summed E-state index contributed by atoms with van der Waals surface area (Å²) in [6, 6.07) is 4.96. The molecule has 0 aliphatic carbocycles. The summed E-state index contributed by atoms with van der Waals surface area (Å²) in [5, 5.41) is 10.7.